The van der Waals surface area contributed by atoms with Crippen molar-refractivity contribution in [3.05, 3.63) is 35.1 Å². The minimum absolute atomic E-state index is 0.238. The van der Waals surface area contributed by atoms with Crippen LogP contribution in [0.25, 0.3) is 0 Å². The summed E-state index contributed by atoms with van der Waals surface area (Å²) in [6.07, 6.45) is -3.31. The summed E-state index contributed by atoms with van der Waals surface area (Å²) in [4.78, 5) is 0. The zero-order chi connectivity index (χ0) is 11.5. The lowest BCUT2D eigenvalue weighted by Gasteiger charge is -2.25. The largest absolute Gasteiger partial charge is 0.371 e. The topological polar surface area (TPSA) is 21.3 Å². The second kappa shape index (κ2) is 4.84. The third-order valence-corrected chi connectivity index (χ3v) is 2.58. The van der Waals surface area contributed by atoms with Crippen LogP contribution in [0.3, 0.4) is 0 Å². The number of ether oxygens (including phenoxy) is 1. The molecule has 0 radical (unpaired) electrons. The fourth-order valence-electron chi connectivity index (χ4n) is 1.83. The first-order valence-electron chi connectivity index (χ1n) is 5.09. The molecule has 0 aliphatic carbocycles. The standard InChI is InChI=1S/C11H12F3NO/c12-8-3-1-2-7(10(8)11(13)14)9-6-15-4-5-16-9/h1-3,9,11,15H,4-6H2. The number of benzene rings is 1. The van der Waals surface area contributed by atoms with E-state index in [1.54, 1.807) is 0 Å². The smallest absolute Gasteiger partial charge is 0.267 e. The van der Waals surface area contributed by atoms with E-state index in [9.17, 15) is 13.2 Å². The van der Waals surface area contributed by atoms with E-state index < -0.39 is 23.9 Å². The van der Waals surface area contributed by atoms with Crippen molar-refractivity contribution >= 4 is 0 Å². The molecule has 1 saturated heterocycles. The Morgan fingerprint density at radius 3 is 2.81 bits per heavy atom. The van der Waals surface area contributed by atoms with Crippen molar-refractivity contribution in [3.63, 3.8) is 0 Å². The van der Waals surface area contributed by atoms with Gasteiger partial charge < -0.3 is 10.1 Å². The van der Waals surface area contributed by atoms with Gasteiger partial charge in [0.15, 0.2) is 0 Å². The molecule has 1 N–H and O–H groups in total. The van der Waals surface area contributed by atoms with Gasteiger partial charge in [0.2, 0.25) is 0 Å². The number of rotatable bonds is 2. The van der Waals surface area contributed by atoms with Crippen molar-refractivity contribution < 1.29 is 17.9 Å². The summed E-state index contributed by atoms with van der Waals surface area (Å²) in [5, 5.41) is 3.03. The maximum Gasteiger partial charge on any atom is 0.267 e. The lowest BCUT2D eigenvalue weighted by Crippen LogP contribution is -2.34. The second-order valence-corrected chi connectivity index (χ2v) is 3.61. The van der Waals surface area contributed by atoms with E-state index in [1.165, 1.54) is 12.1 Å². The SMILES string of the molecule is Fc1cccc(C2CNCCO2)c1C(F)F. The van der Waals surface area contributed by atoms with Crippen molar-refractivity contribution in [2.24, 2.45) is 0 Å². The molecule has 1 unspecified atom stereocenters. The third kappa shape index (κ3) is 2.20. The highest BCUT2D eigenvalue weighted by Crippen LogP contribution is 2.31. The maximum atomic E-state index is 13.3. The molecule has 2 nitrogen and oxygen atoms in total. The van der Waals surface area contributed by atoms with Crippen molar-refractivity contribution in [3.8, 4) is 0 Å². The van der Waals surface area contributed by atoms with Crippen LogP contribution in [0.15, 0.2) is 18.2 Å². The highest BCUT2D eigenvalue weighted by Gasteiger charge is 2.25. The highest BCUT2D eigenvalue weighted by atomic mass is 19.3. The quantitative estimate of drug-likeness (QED) is 0.844. The van der Waals surface area contributed by atoms with Gasteiger partial charge >= 0.3 is 0 Å². The summed E-state index contributed by atoms with van der Waals surface area (Å²) in [7, 11) is 0. The monoisotopic (exact) mass is 231 g/mol. The number of alkyl halides is 2. The fourth-order valence-corrected chi connectivity index (χ4v) is 1.83. The van der Waals surface area contributed by atoms with Gasteiger partial charge in [-0.25, -0.2) is 13.2 Å². The van der Waals surface area contributed by atoms with Crippen LogP contribution in [0.1, 0.15) is 23.7 Å². The van der Waals surface area contributed by atoms with Crippen LogP contribution >= 0.6 is 0 Å². The van der Waals surface area contributed by atoms with Crippen LogP contribution in [-0.2, 0) is 4.74 Å². The Balaban J connectivity index is 2.34. The van der Waals surface area contributed by atoms with Gasteiger partial charge in [0.05, 0.1) is 18.3 Å². The summed E-state index contributed by atoms with van der Waals surface area (Å²) < 4.78 is 44.1. The van der Waals surface area contributed by atoms with Crippen LogP contribution < -0.4 is 5.32 Å². The molecule has 1 atom stereocenters. The van der Waals surface area contributed by atoms with Gasteiger partial charge in [-0.1, -0.05) is 12.1 Å². The van der Waals surface area contributed by atoms with E-state index in [0.717, 1.165) is 6.07 Å². The number of hydrogen-bond donors (Lipinski definition) is 1. The van der Waals surface area contributed by atoms with Crippen molar-refractivity contribution in [2.45, 2.75) is 12.5 Å². The van der Waals surface area contributed by atoms with Crippen LogP contribution in [-0.4, -0.2) is 19.7 Å². The van der Waals surface area contributed by atoms with Crippen LogP contribution in [0.2, 0.25) is 0 Å². The molecule has 0 spiro atoms. The zero-order valence-electron chi connectivity index (χ0n) is 8.55. The highest BCUT2D eigenvalue weighted by molar-refractivity contribution is 5.32. The predicted octanol–water partition coefficient (Wildman–Crippen LogP) is 2.42. The van der Waals surface area contributed by atoms with E-state index in [1.807, 2.05) is 0 Å². The summed E-state index contributed by atoms with van der Waals surface area (Å²) >= 11 is 0. The first kappa shape index (κ1) is 11.4. The lowest BCUT2D eigenvalue weighted by atomic mass is 10.0. The van der Waals surface area contributed by atoms with Gasteiger partial charge in [-0.3, -0.25) is 0 Å². The van der Waals surface area contributed by atoms with Crippen molar-refractivity contribution in [1.29, 1.82) is 0 Å². The van der Waals surface area contributed by atoms with E-state index in [2.05, 4.69) is 5.32 Å². The molecule has 5 heteroatoms. The summed E-state index contributed by atoms with van der Waals surface area (Å²) in [5.74, 6) is -0.873. The Morgan fingerprint density at radius 1 is 1.38 bits per heavy atom. The van der Waals surface area contributed by atoms with Gasteiger partial charge in [-0.2, -0.15) is 0 Å². The first-order chi connectivity index (χ1) is 7.70. The van der Waals surface area contributed by atoms with Crippen LogP contribution in [0.5, 0.6) is 0 Å². The van der Waals surface area contributed by atoms with Gasteiger partial charge in [0, 0.05) is 13.1 Å². The van der Waals surface area contributed by atoms with Crippen LogP contribution in [0, 0.1) is 5.82 Å². The molecule has 1 aliphatic heterocycles. The molecule has 0 aromatic heterocycles. The maximum absolute atomic E-state index is 13.3. The minimum atomic E-state index is -2.82. The molecule has 88 valence electrons. The third-order valence-electron chi connectivity index (χ3n) is 2.58. The average molecular weight is 231 g/mol. The molecule has 0 bridgehead atoms. The fraction of sp³-hybridized carbons (Fsp3) is 0.455. The van der Waals surface area contributed by atoms with E-state index in [4.69, 9.17) is 4.74 Å². The van der Waals surface area contributed by atoms with E-state index in [-0.39, 0.29) is 5.56 Å². The Kier molecular flexibility index (Phi) is 3.46. The minimum Gasteiger partial charge on any atom is -0.371 e. The Bertz CT molecular complexity index is 364. The number of nitrogens with one attached hydrogen (secondary N) is 1. The van der Waals surface area contributed by atoms with Crippen molar-refractivity contribution in [1.82, 2.24) is 5.32 Å². The number of hydrogen-bond acceptors (Lipinski definition) is 2. The molecule has 1 aromatic carbocycles. The van der Waals surface area contributed by atoms with Crippen LogP contribution in [0.4, 0.5) is 13.2 Å². The number of morpholine rings is 1. The Hall–Kier alpha value is -1.07. The molecule has 2 rings (SSSR count). The molecule has 0 saturated carbocycles. The normalized spacial score (nSPS) is 21.4. The predicted molar refractivity (Wildman–Crippen MR) is 52.9 cm³/mol. The average Bonchev–Trinajstić information content (AvgIpc) is 2.29. The van der Waals surface area contributed by atoms with E-state index in [0.29, 0.717) is 19.7 Å². The van der Waals surface area contributed by atoms with E-state index >= 15 is 0 Å². The summed E-state index contributed by atoms with van der Waals surface area (Å²) in [5.41, 5.74) is -0.307. The van der Waals surface area contributed by atoms with Gasteiger partial charge in [0.25, 0.3) is 6.43 Å². The van der Waals surface area contributed by atoms with Gasteiger partial charge in [0.1, 0.15) is 5.82 Å². The first-order valence-corrected chi connectivity index (χ1v) is 5.09. The second-order valence-electron chi connectivity index (χ2n) is 3.61. The van der Waals surface area contributed by atoms with Gasteiger partial charge in [-0.15, -0.1) is 0 Å². The zero-order valence-corrected chi connectivity index (χ0v) is 8.55. The molecular weight excluding hydrogens is 219 g/mol. The Labute approximate surface area is 91.4 Å². The Morgan fingerprint density at radius 2 is 2.19 bits per heavy atom. The summed E-state index contributed by atoms with van der Waals surface area (Å²) in [6, 6.07) is 3.96. The molecule has 1 fully saturated rings. The molecule has 1 aromatic rings. The molecule has 16 heavy (non-hydrogen) atoms. The molecular formula is C11H12F3NO. The van der Waals surface area contributed by atoms with Crippen molar-refractivity contribution in [2.75, 3.05) is 19.7 Å². The summed E-state index contributed by atoms with van der Waals surface area (Å²) in [6.45, 7) is 1.57. The molecule has 0 amide bonds. The van der Waals surface area contributed by atoms with Gasteiger partial charge in [-0.05, 0) is 11.6 Å². The molecule has 1 aliphatic rings. The molecule has 1 heterocycles. The lowest BCUT2D eigenvalue weighted by molar-refractivity contribution is 0.0241. The number of halogens is 3.